The highest BCUT2D eigenvalue weighted by Crippen LogP contribution is 2.34. The molecule has 1 saturated heterocycles. The quantitative estimate of drug-likeness (QED) is 0.339. The Morgan fingerprint density at radius 2 is 1.92 bits per heavy atom. The number of benzene rings is 2. The van der Waals surface area contributed by atoms with Crippen LogP contribution < -0.4 is 4.74 Å². The van der Waals surface area contributed by atoms with Gasteiger partial charge in [0, 0.05) is 19.1 Å². The molecule has 0 radical (unpaired) electrons. The Hall–Kier alpha value is -3.19. The lowest BCUT2D eigenvalue weighted by molar-refractivity contribution is -0.137. The highest BCUT2D eigenvalue weighted by molar-refractivity contribution is 5.79. The number of ether oxygens (including phenoxy) is 2. The number of nitrogens with zero attached hydrogens (tertiary/aromatic N) is 3. The van der Waals surface area contributed by atoms with Crippen molar-refractivity contribution in [3.8, 4) is 17.3 Å². The Bertz CT molecular complexity index is 1210. The fraction of sp³-hybridized carbons (Fsp3) is 0.467. The lowest BCUT2D eigenvalue weighted by Gasteiger charge is -2.28. The van der Waals surface area contributed by atoms with E-state index >= 15 is 0 Å². The molecular formula is C30H36FN3O3. The summed E-state index contributed by atoms with van der Waals surface area (Å²) in [6.07, 6.45) is 6.84. The molecule has 1 saturated carbocycles. The van der Waals surface area contributed by atoms with Crippen LogP contribution in [-0.4, -0.2) is 39.8 Å². The predicted octanol–water partition coefficient (Wildman–Crippen LogP) is 6.37. The Kier molecular flexibility index (Phi) is 7.89. The zero-order valence-electron chi connectivity index (χ0n) is 21.8. The van der Waals surface area contributed by atoms with Gasteiger partial charge >= 0.3 is 0 Å². The average Bonchev–Trinajstić information content (AvgIpc) is 3.67. The van der Waals surface area contributed by atoms with Crippen LogP contribution >= 0.6 is 0 Å². The molecule has 7 heteroatoms. The molecule has 1 aromatic heterocycles. The Balaban J connectivity index is 1.55. The summed E-state index contributed by atoms with van der Waals surface area (Å²) in [5.74, 6) is 1.22. The maximum atomic E-state index is 13.7. The molecule has 5 rings (SSSR count). The van der Waals surface area contributed by atoms with Crippen LogP contribution in [0, 0.1) is 18.7 Å². The average molecular weight is 506 g/mol. The van der Waals surface area contributed by atoms with Crippen LogP contribution in [0.15, 0.2) is 48.5 Å². The molecule has 1 atom stereocenters. The molecule has 37 heavy (non-hydrogen) atoms. The molecule has 0 N–H and O–H groups in total. The normalized spacial score (nSPS) is 17.9. The summed E-state index contributed by atoms with van der Waals surface area (Å²) in [7, 11) is 0. The van der Waals surface area contributed by atoms with E-state index in [1.165, 1.54) is 12.1 Å². The first kappa shape index (κ1) is 25.5. The molecule has 2 heterocycles. The molecule has 2 aromatic carbocycles. The first-order valence-corrected chi connectivity index (χ1v) is 13.5. The monoisotopic (exact) mass is 505 g/mol. The van der Waals surface area contributed by atoms with Gasteiger partial charge in [0.25, 0.3) is 0 Å². The molecule has 6 nitrogen and oxygen atoms in total. The minimum Gasteiger partial charge on any atom is -0.439 e. The Morgan fingerprint density at radius 1 is 1.14 bits per heavy atom. The molecule has 0 spiro atoms. The smallest absolute Gasteiger partial charge is 0.227 e. The number of rotatable bonds is 9. The molecule has 1 aliphatic carbocycles. The van der Waals surface area contributed by atoms with E-state index in [9.17, 15) is 9.18 Å². The topological polar surface area (TPSA) is 56.6 Å². The van der Waals surface area contributed by atoms with E-state index in [1.807, 2.05) is 36.1 Å². The fourth-order valence-electron chi connectivity index (χ4n) is 5.46. The van der Waals surface area contributed by atoms with Gasteiger partial charge in [-0.3, -0.25) is 4.79 Å². The Morgan fingerprint density at radius 3 is 2.59 bits per heavy atom. The first-order chi connectivity index (χ1) is 18.0. The number of hydrogen-bond acceptors (Lipinski definition) is 4. The van der Waals surface area contributed by atoms with Gasteiger partial charge in [-0.05, 0) is 81.0 Å². The molecule has 196 valence electrons. The zero-order chi connectivity index (χ0) is 25.8. The van der Waals surface area contributed by atoms with Crippen molar-refractivity contribution in [1.29, 1.82) is 0 Å². The van der Waals surface area contributed by atoms with Crippen LogP contribution in [0.2, 0.25) is 0 Å². The second-order valence-corrected chi connectivity index (χ2v) is 10.2. The highest BCUT2D eigenvalue weighted by Gasteiger charge is 2.32. The van der Waals surface area contributed by atoms with E-state index < -0.39 is 0 Å². The summed E-state index contributed by atoms with van der Waals surface area (Å²) < 4.78 is 27.9. The van der Waals surface area contributed by atoms with Gasteiger partial charge in [-0.15, -0.1) is 0 Å². The van der Waals surface area contributed by atoms with Gasteiger partial charge in [0.05, 0.1) is 29.6 Å². The highest BCUT2D eigenvalue weighted by atomic mass is 19.1. The number of hydrogen-bond donors (Lipinski definition) is 0. The van der Waals surface area contributed by atoms with Crippen molar-refractivity contribution in [2.24, 2.45) is 5.92 Å². The van der Waals surface area contributed by atoms with E-state index in [-0.39, 0.29) is 23.7 Å². The van der Waals surface area contributed by atoms with Crippen LogP contribution in [0.4, 0.5) is 4.39 Å². The Labute approximate surface area is 218 Å². The summed E-state index contributed by atoms with van der Waals surface area (Å²) in [5, 5.41) is 4.89. The van der Waals surface area contributed by atoms with E-state index in [0.29, 0.717) is 36.8 Å². The largest absolute Gasteiger partial charge is 0.439 e. The van der Waals surface area contributed by atoms with Crippen LogP contribution in [0.3, 0.4) is 0 Å². The van der Waals surface area contributed by atoms with Crippen molar-refractivity contribution < 1.29 is 18.7 Å². The van der Waals surface area contributed by atoms with E-state index in [4.69, 9.17) is 14.6 Å². The summed E-state index contributed by atoms with van der Waals surface area (Å²) in [6, 6.07) is 14.1. The lowest BCUT2D eigenvalue weighted by atomic mass is 10.0. The van der Waals surface area contributed by atoms with Gasteiger partial charge < -0.3 is 14.4 Å². The van der Waals surface area contributed by atoms with Crippen molar-refractivity contribution in [1.82, 2.24) is 14.7 Å². The van der Waals surface area contributed by atoms with Crippen molar-refractivity contribution in [2.75, 3.05) is 13.2 Å². The third-order valence-electron chi connectivity index (χ3n) is 7.44. The maximum Gasteiger partial charge on any atom is 0.227 e. The fourth-order valence-corrected chi connectivity index (χ4v) is 5.46. The maximum absolute atomic E-state index is 13.7. The van der Waals surface area contributed by atoms with Crippen LogP contribution in [0.5, 0.6) is 11.6 Å². The van der Waals surface area contributed by atoms with Gasteiger partial charge in [0.15, 0.2) is 0 Å². The number of halogens is 1. The van der Waals surface area contributed by atoms with Crippen molar-refractivity contribution >= 4 is 5.91 Å². The van der Waals surface area contributed by atoms with Crippen LogP contribution in [0.25, 0.3) is 5.69 Å². The standard InChI is InChI=1S/C30H36FN3O3/c1-3-28-27(20-33(19-26-12-7-17-36-26)29(35)22-9-4-5-10-22)30(37-25-11-6-8-21(2)18-25)34(32-28)24-15-13-23(31)14-16-24/h6,8,11,13-16,18,22,26H,3-5,7,9-10,12,17,19-20H2,1-2H3/t26-/m0/s1. The number of amides is 1. The second-order valence-electron chi connectivity index (χ2n) is 10.2. The SMILES string of the molecule is CCc1nn(-c2ccc(F)cc2)c(Oc2cccc(C)c2)c1CN(C[C@@H]1CCCO1)C(=O)C1CCCC1. The predicted molar refractivity (Wildman–Crippen MR) is 141 cm³/mol. The molecule has 2 aliphatic rings. The lowest BCUT2D eigenvalue weighted by Crippen LogP contribution is -2.40. The minimum absolute atomic E-state index is 0.0590. The summed E-state index contributed by atoms with van der Waals surface area (Å²) in [6.45, 7) is 5.80. The molecule has 0 unspecified atom stereocenters. The molecule has 1 amide bonds. The molecular weight excluding hydrogens is 469 g/mol. The third-order valence-corrected chi connectivity index (χ3v) is 7.44. The van der Waals surface area contributed by atoms with Crippen molar-refractivity contribution in [2.45, 2.75) is 71.4 Å². The first-order valence-electron chi connectivity index (χ1n) is 13.5. The van der Waals surface area contributed by atoms with Gasteiger partial charge in [-0.2, -0.15) is 5.10 Å². The molecule has 3 aromatic rings. The molecule has 1 aliphatic heterocycles. The minimum atomic E-state index is -0.308. The number of carbonyl (C=O) groups is 1. The van der Waals surface area contributed by atoms with E-state index in [0.717, 1.165) is 62.0 Å². The number of carbonyl (C=O) groups excluding carboxylic acids is 1. The molecule has 2 fully saturated rings. The summed E-state index contributed by atoms with van der Waals surface area (Å²) in [5.41, 5.74) is 3.54. The van der Waals surface area contributed by atoms with Crippen LogP contribution in [0.1, 0.15) is 62.3 Å². The van der Waals surface area contributed by atoms with E-state index in [1.54, 1.807) is 16.8 Å². The molecule has 0 bridgehead atoms. The third kappa shape index (κ3) is 5.87. The van der Waals surface area contributed by atoms with Crippen molar-refractivity contribution in [3.63, 3.8) is 0 Å². The second kappa shape index (κ2) is 11.5. The summed E-state index contributed by atoms with van der Waals surface area (Å²) in [4.78, 5) is 15.7. The van der Waals surface area contributed by atoms with Gasteiger partial charge in [-0.25, -0.2) is 9.07 Å². The van der Waals surface area contributed by atoms with E-state index in [2.05, 4.69) is 6.92 Å². The van der Waals surface area contributed by atoms with Crippen molar-refractivity contribution in [3.05, 3.63) is 71.2 Å². The van der Waals surface area contributed by atoms with Gasteiger partial charge in [0.2, 0.25) is 11.8 Å². The number of aryl methyl sites for hydroxylation is 2. The van der Waals surface area contributed by atoms with Gasteiger partial charge in [-0.1, -0.05) is 31.9 Å². The van der Waals surface area contributed by atoms with Gasteiger partial charge in [0.1, 0.15) is 11.6 Å². The number of aromatic nitrogens is 2. The van der Waals surface area contributed by atoms with Crippen LogP contribution in [-0.2, 0) is 22.5 Å². The zero-order valence-corrected chi connectivity index (χ0v) is 21.8. The summed E-state index contributed by atoms with van der Waals surface area (Å²) >= 11 is 0.